The summed E-state index contributed by atoms with van der Waals surface area (Å²) in [6, 6.07) is 10.4. The van der Waals surface area contributed by atoms with Crippen LogP contribution in [0.25, 0.3) is 0 Å². The van der Waals surface area contributed by atoms with Crippen molar-refractivity contribution < 1.29 is 35.9 Å². The number of halogens is 6. The smallest absolute Gasteiger partial charge is 0.335 e. The SMILES string of the molecule is Cc1nnsc1C(=O)N1CC(N2CCN([C@H]3CCN(C(=O)c4cc(C(F)(F)F)cc(C(F)(F)F)c4)[C@H](Cc4ccccc4)C3)CC2)C1. The molecule has 3 aromatic rings. The van der Waals surface area contributed by atoms with Gasteiger partial charge < -0.3 is 9.80 Å². The van der Waals surface area contributed by atoms with Gasteiger partial charge in [0.1, 0.15) is 4.88 Å². The summed E-state index contributed by atoms with van der Waals surface area (Å²) in [7, 11) is 0. The summed E-state index contributed by atoms with van der Waals surface area (Å²) >= 11 is 1.10. The normalized spacial score (nSPS) is 21.9. The Morgan fingerprint density at radius 1 is 0.830 bits per heavy atom. The van der Waals surface area contributed by atoms with Gasteiger partial charge in [0, 0.05) is 69.5 Å². The van der Waals surface area contributed by atoms with Crippen LogP contribution in [0.3, 0.4) is 0 Å². The summed E-state index contributed by atoms with van der Waals surface area (Å²) in [4.78, 5) is 35.0. The Morgan fingerprint density at radius 2 is 1.43 bits per heavy atom. The van der Waals surface area contributed by atoms with Crippen LogP contribution in [0.4, 0.5) is 26.3 Å². The number of rotatable bonds is 6. The molecule has 0 unspecified atom stereocenters. The van der Waals surface area contributed by atoms with Gasteiger partial charge in [-0.2, -0.15) is 26.3 Å². The van der Waals surface area contributed by atoms with Crippen molar-refractivity contribution in [3.8, 4) is 0 Å². The highest BCUT2D eigenvalue weighted by Gasteiger charge is 2.42. The Kier molecular flexibility index (Phi) is 9.33. The summed E-state index contributed by atoms with van der Waals surface area (Å²) in [5.41, 5.74) is -2.06. The van der Waals surface area contributed by atoms with E-state index in [0.29, 0.717) is 55.1 Å². The lowest BCUT2D eigenvalue weighted by atomic mass is 9.90. The number of alkyl halides is 6. The van der Waals surface area contributed by atoms with Crippen molar-refractivity contribution in [3.63, 3.8) is 0 Å². The molecule has 3 aliphatic rings. The average Bonchev–Trinajstić information content (AvgIpc) is 3.45. The largest absolute Gasteiger partial charge is 0.416 e. The molecule has 4 heterocycles. The van der Waals surface area contributed by atoms with Crippen LogP contribution >= 0.6 is 11.5 Å². The van der Waals surface area contributed by atoms with Crippen molar-refractivity contribution in [3.05, 3.63) is 81.4 Å². The minimum atomic E-state index is -5.04. The fourth-order valence-electron chi connectivity index (χ4n) is 6.84. The Labute approximate surface area is 272 Å². The molecule has 47 heavy (non-hydrogen) atoms. The molecule has 3 aliphatic heterocycles. The van der Waals surface area contributed by atoms with Crippen molar-refractivity contribution in [1.82, 2.24) is 29.2 Å². The van der Waals surface area contributed by atoms with Crippen LogP contribution in [0.5, 0.6) is 0 Å². The molecule has 3 fully saturated rings. The van der Waals surface area contributed by atoms with Gasteiger partial charge in [0.15, 0.2) is 0 Å². The molecule has 2 amide bonds. The van der Waals surface area contributed by atoms with E-state index in [9.17, 15) is 35.9 Å². The zero-order valence-corrected chi connectivity index (χ0v) is 26.4. The number of hydrogen-bond acceptors (Lipinski definition) is 7. The van der Waals surface area contributed by atoms with Gasteiger partial charge in [-0.05, 0) is 61.5 Å². The first kappa shape index (κ1) is 33.3. The van der Waals surface area contributed by atoms with E-state index in [4.69, 9.17) is 0 Å². The van der Waals surface area contributed by atoms with Crippen LogP contribution in [-0.4, -0.2) is 105 Å². The summed E-state index contributed by atoms with van der Waals surface area (Å²) < 4.78 is 85.3. The number of nitrogens with zero attached hydrogens (tertiary/aromatic N) is 6. The molecule has 252 valence electrons. The molecule has 0 aliphatic carbocycles. The molecule has 2 aromatic carbocycles. The fraction of sp³-hybridized carbons (Fsp3) is 0.500. The number of piperazine rings is 1. The van der Waals surface area contributed by atoms with Crippen LogP contribution < -0.4 is 0 Å². The third-order valence-corrected chi connectivity index (χ3v) is 10.3. The molecule has 0 bridgehead atoms. The van der Waals surface area contributed by atoms with Crippen LogP contribution in [0.1, 0.15) is 55.3 Å². The second kappa shape index (κ2) is 13.2. The maximum atomic E-state index is 13.7. The monoisotopic (exact) mass is 680 g/mol. The van der Waals surface area contributed by atoms with Gasteiger partial charge >= 0.3 is 12.4 Å². The van der Waals surface area contributed by atoms with E-state index < -0.39 is 41.0 Å². The molecular weight excluding hydrogens is 646 g/mol. The molecule has 15 heteroatoms. The molecule has 2 atom stereocenters. The minimum Gasteiger partial charge on any atom is -0.335 e. The Morgan fingerprint density at radius 3 is 1.98 bits per heavy atom. The van der Waals surface area contributed by atoms with E-state index in [-0.39, 0.29) is 30.6 Å². The number of carbonyl (C=O) groups is 2. The van der Waals surface area contributed by atoms with Crippen molar-refractivity contribution in [2.75, 3.05) is 45.8 Å². The third-order valence-electron chi connectivity index (χ3n) is 9.47. The second-order valence-electron chi connectivity index (χ2n) is 12.4. The number of aryl methyl sites for hydroxylation is 1. The van der Waals surface area contributed by atoms with Crippen molar-refractivity contribution in [2.45, 2.75) is 56.7 Å². The molecule has 0 spiro atoms. The lowest BCUT2D eigenvalue weighted by Crippen LogP contribution is -2.65. The van der Waals surface area contributed by atoms with Crippen molar-refractivity contribution in [1.29, 1.82) is 0 Å². The van der Waals surface area contributed by atoms with E-state index in [1.54, 1.807) is 6.92 Å². The summed E-state index contributed by atoms with van der Waals surface area (Å²) in [5.74, 6) is -0.878. The molecule has 0 saturated carbocycles. The van der Waals surface area contributed by atoms with Gasteiger partial charge in [-0.1, -0.05) is 34.8 Å². The number of aromatic nitrogens is 2. The van der Waals surface area contributed by atoms with Gasteiger partial charge in [0.25, 0.3) is 11.8 Å². The highest BCUT2D eigenvalue weighted by Crippen LogP contribution is 2.37. The molecule has 8 nitrogen and oxygen atoms in total. The van der Waals surface area contributed by atoms with E-state index >= 15 is 0 Å². The fourth-order valence-corrected chi connectivity index (χ4v) is 7.47. The van der Waals surface area contributed by atoms with Gasteiger partial charge in [-0.25, -0.2) is 0 Å². The number of benzene rings is 2. The lowest BCUT2D eigenvalue weighted by Gasteiger charge is -2.50. The second-order valence-corrected chi connectivity index (χ2v) is 13.2. The number of likely N-dealkylation sites (tertiary alicyclic amines) is 2. The van der Waals surface area contributed by atoms with Gasteiger partial charge in [-0.15, -0.1) is 5.10 Å². The van der Waals surface area contributed by atoms with Gasteiger partial charge in [0.05, 0.1) is 16.8 Å². The molecule has 0 radical (unpaired) electrons. The number of carbonyl (C=O) groups excluding carboxylic acids is 2. The van der Waals surface area contributed by atoms with E-state index in [0.717, 1.165) is 43.3 Å². The van der Waals surface area contributed by atoms with Crippen LogP contribution in [0, 0.1) is 6.92 Å². The first-order valence-electron chi connectivity index (χ1n) is 15.5. The lowest BCUT2D eigenvalue weighted by molar-refractivity contribution is -0.143. The van der Waals surface area contributed by atoms with Crippen LogP contribution in [-0.2, 0) is 18.8 Å². The average molecular weight is 681 g/mol. The number of piperidine rings is 1. The standard InChI is InChI=1S/C32H34F6N6O2S/c1-20-28(47-40-39-20)30(46)43-18-27(19-43)42-11-9-41(10-12-42)25-7-8-44(26(17-25)13-21-5-3-2-4-6-21)29(45)22-14-23(31(33,34)35)16-24(15-22)32(36,37)38/h2-6,14-16,25-27H,7-13,17-19H2,1H3/t25-,26+/m0/s1. The highest BCUT2D eigenvalue weighted by atomic mass is 32.1. The summed E-state index contributed by atoms with van der Waals surface area (Å²) in [6.07, 6.45) is -8.56. The van der Waals surface area contributed by atoms with E-state index in [1.165, 1.54) is 4.90 Å². The first-order valence-corrected chi connectivity index (χ1v) is 16.3. The van der Waals surface area contributed by atoms with E-state index in [2.05, 4.69) is 19.4 Å². The molecule has 6 rings (SSSR count). The minimum absolute atomic E-state index is 0.0436. The highest BCUT2D eigenvalue weighted by molar-refractivity contribution is 7.08. The Bertz CT molecular complexity index is 1550. The Balaban J connectivity index is 1.12. The maximum Gasteiger partial charge on any atom is 0.416 e. The van der Waals surface area contributed by atoms with Crippen molar-refractivity contribution in [2.24, 2.45) is 0 Å². The zero-order valence-electron chi connectivity index (χ0n) is 25.6. The summed E-state index contributed by atoms with van der Waals surface area (Å²) in [6.45, 7) is 6.44. The topological polar surface area (TPSA) is 72.9 Å². The predicted molar refractivity (Wildman–Crippen MR) is 162 cm³/mol. The summed E-state index contributed by atoms with van der Waals surface area (Å²) in [5, 5.41) is 3.92. The molecule has 1 aromatic heterocycles. The quantitative estimate of drug-likeness (QED) is 0.332. The maximum absolute atomic E-state index is 13.7. The first-order chi connectivity index (χ1) is 22.3. The Hall–Kier alpha value is -3.56. The van der Waals surface area contributed by atoms with Crippen molar-refractivity contribution >= 4 is 23.3 Å². The van der Waals surface area contributed by atoms with E-state index in [1.807, 2.05) is 35.2 Å². The molecule has 3 saturated heterocycles. The molecule has 0 N–H and O–H groups in total. The third kappa shape index (κ3) is 7.31. The zero-order chi connectivity index (χ0) is 33.5. The van der Waals surface area contributed by atoms with Gasteiger partial charge in [-0.3, -0.25) is 19.4 Å². The van der Waals surface area contributed by atoms with Crippen LogP contribution in [0.2, 0.25) is 0 Å². The van der Waals surface area contributed by atoms with Crippen LogP contribution in [0.15, 0.2) is 48.5 Å². The predicted octanol–water partition coefficient (Wildman–Crippen LogP) is 5.24. The number of amides is 2. The number of hydrogen-bond donors (Lipinski definition) is 0. The molecular formula is C32H34F6N6O2S. The van der Waals surface area contributed by atoms with Gasteiger partial charge in [0.2, 0.25) is 0 Å².